The van der Waals surface area contributed by atoms with Gasteiger partial charge in [-0.3, -0.25) is 4.98 Å². The Balaban J connectivity index is 1.87. The lowest BCUT2D eigenvalue weighted by Gasteiger charge is -2.34. The van der Waals surface area contributed by atoms with E-state index in [1.165, 1.54) is 0 Å². The van der Waals surface area contributed by atoms with Gasteiger partial charge in [-0.15, -0.1) is 0 Å². The van der Waals surface area contributed by atoms with Gasteiger partial charge in [0.15, 0.2) is 0 Å². The summed E-state index contributed by atoms with van der Waals surface area (Å²) < 4.78 is 43.1. The highest BCUT2D eigenvalue weighted by molar-refractivity contribution is 6.61. The number of likely N-dealkylation sites (tertiary alicyclic amines) is 1. The number of hydrogen-bond donors (Lipinski definition) is 0. The average molecular weight is 391 g/mol. The van der Waals surface area contributed by atoms with Gasteiger partial charge in [0.05, 0.1) is 20.9 Å². The van der Waals surface area contributed by atoms with Crippen LogP contribution in [0.1, 0.15) is 76.9 Å². The summed E-state index contributed by atoms with van der Waals surface area (Å²) in [5.41, 5.74) is -1.26. The Morgan fingerprint density at radius 3 is 2.54 bits per heavy atom. The number of nitrogens with zero attached hydrogens (tertiary/aromatic N) is 2. The number of aromatic nitrogens is 1. The fourth-order valence-corrected chi connectivity index (χ4v) is 3.27. The van der Waals surface area contributed by atoms with Crippen LogP contribution in [0.4, 0.5) is 4.79 Å². The maximum atomic E-state index is 12.5. The summed E-state index contributed by atoms with van der Waals surface area (Å²) >= 11 is 0. The molecule has 6 nitrogen and oxygen atoms in total. The van der Waals surface area contributed by atoms with E-state index in [2.05, 4.69) is 4.98 Å². The van der Waals surface area contributed by atoms with Gasteiger partial charge in [-0.25, -0.2) is 4.79 Å². The van der Waals surface area contributed by atoms with E-state index in [-0.39, 0.29) is 29.8 Å². The number of ether oxygens (including phenoxy) is 1. The number of piperidine rings is 1. The molecule has 0 spiro atoms. The van der Waals surface area contributed by atoms with Crippen molar-refractivity contribution in [1.82, 2.24) is 9.88 Å². The van der Waals surface area contributed by atoms with Crippen LogP contribution in [0.3, 0.4) is 0 Å². The minimum Gasteiger partial charge on any atom is -0.444 e. The summed E-state index contributed by atoms with van der Waals surface area (Å²) in [6.45, 7) is 14.0. The molecule has 3 heterocycles. The maximum absolute atomic E-state index is 12.5. The highest BCUT2D eigenvalue weighted by Gasteiger charge is 2.52. The highest BCUT2D eigenvalue weighted by atomic mass is 16.7. The molecule has 0 bridgehead atoms. The van der Waals surface area contributed by atoms with Gasteiger partial charge in [0.25, 0.3) is 0 Å². The van der Waals surface area contributed by atoms with Crippen molar-refractivity contribution in [2.75, 3.05) is 13.1 Å². The van der Waals surface area contributed by atoms with Crippen LogP contribution < -0.4 is 5.59 Å². The molecule has 0 aromatic carbocycles. The number of carbonyl (C=O) groups is 1. The number of amides is 1. The van der Waals surface area contributed by atoms with E-state index in [0.29, 0.717) is 25.1 Å². The molecule has 28 heavy (non-hydrogen) atoms. The zero-order valence-electron chi connectivity index (χ0n) is 21.0. The molecule has 2 saturated heterocycles. The summed E-state index contributed by atoms with van der Waals surface area (Å²) in [4.78, 5) is 18.4. The van der Waals surface area contributed by atoms with Crippen LogP contribution in [0.25, 0.3) is 0 Å². The Hall–Kier alpha value is -1.60. The smallest absolute Gasteiger partial charge is 0.444 e. The van der Waals surface area contributed by atoms with Crippen molar-refractivity contribution in [2.24, 2.45) is 0 Å². The summed E-state index contributed by atoms with van der Waals surface area (Å²) in [5.74, 6) is -0.245. The minimum absolute atomic E-state index is 0.0549. The van der Waals surface area contributed by atoms with E-state index in [0.717, 1.165) is 6.42 Å². The molecule has 7 heteroatoms. The van der Waals surface area contributed by atoms with E-state index in [1.807, 2.05) is 48.5 Å². The Kier molecular flexibility index (Phi) is 4.53. The van der Waals surface area contributed by atoms with Gasteiger partial charge >= 0.3 is 13.2 Å². The fraction of sp³-hybridized carbons (Fsp3) is 0.714. The van der Waals surface area contributed by atoms with E-state index in [1.54, 1.807) is 4.90 Å². The van der Waals surface area contributed by atoms with Crippen LogP contribution >= 0.6 is 0 Å². The van der Waals surface area contributed by atoms with Crippen LogP contribution in [-0.4, -0.2) is 53.0 Å². The zero-order valence-corrected chi connectivity index (χ0v) is 18.0. The Labute approximate surface area is 173 Å². The van der Waals surface area contributed by atoms with Gasteiger partial charge in [-0.05, 0) is 72.9 Å². The third-order valence-corrected chi connectivity index (χ3v) is 5.58. The van der Waals surface area contributed by atoms with Crippen molar-refractivity contribution in [3.8, 4) is 0 Å². The van der Waals surface area contributed by atoms with Gasteiger partial charge in [-0.2, -0.15) is 0 Å². The van der Waals surface area contributed by atoms with Crippen LogP contribution in [0.2, 0.25) is 0 Å². The third-order valence-electron chi connectivity index (χ3n) is 5.58. The van der Waals surface area contributed by atoms with Crippen molar-refractivity contribution < 1.29 is 23.0 Å². The Morgan fingerprint density at radius 1 is 1.29 bits per heavy atom. The van der Waals surface area contributed by atoms with Crippen molar-refractivity contribution in [1.29, 1.82) is 0 Å². The summed E-state index contributed by atoms with van der Waals surface area (Å²) in [5, 5.41) is 0. The molecule has 3 rings (SSSR count). The van der Waals surface area contributed by atoms with Crippen molar-refractivity contribution >= 4 is 18.8 Å². The predicted octanol–water partition coefficient (Wildman–Crippen LogP) is 3.50. The first kappa shape index (κ1) is 17.3. The molecule has 1 aromatic rings. The first-order valence-electron chi connectivity index (χ1n) is 11.4. The summed E-state index contributed by atoms with van der Waals surface area (Å²) in [6.07, 6.45) is 0.980. The minimum atomic E-state index is -0.899. The number of carbonyl (C=O) groups excluding carboxylic acids is 1. The second kappa shape index (κ2) is 7.34. The molecular weight excluding hydrogens is 355 g/mol. The van der Waals surface area contributed by atoms with E-state index in [4.69, 9.17) is 18.2 Å². The molecular formula is C21H33BN2O4. The first-order valence-corrected chi connectivity index (χ1v) is 9.94. The second-order valence-electron chi connectivity index (χ2n) is 9.63. The van der Waals surface area contributed by atoms with Crippen LogP contribution in [0, 0.1) is 0 Å². The second-order valence-corrected chi connectivity index (χ2v) is 9.63. The lowest BCUT2D eigenvalue weighted by molar-refractivity contribution is 0.00578. The summed E-state index contributed by atoms with van der Waals surface area (Å²) in [6, 6.07) is -0.153. The third kappa shape index (κ3) is 4.52. The van der Waals surface area contributed by atoms with Gasteiger partial charge in [0.2, 0.25) is 0 Å². The molecule has 2 aliphatic rings. The van der Waals surface area contributed by atoms with E-state index in [9.17, 15) is 4.79 Å². The molecule has 0 aliphatic carbocycles. The van der Waals surface area contributed by atoms with Crippen LogP contribution in [0.5, 0.6) is 0 Å². The number of hydrogen-bond acceptors (Lipinski definition) is 5. The van der Waals surface area contributed by atoms with E-state index < -0.39 is 30.0 Å². The molecule has 1 unspecified atom stereocenters. The quantitative estimate of drug-likeness (QED) is 0.723. The lowest BCUT2D eigenvalue weighted by atomic mass is 9.83. The lowest BCUT2D eigenvalue weighted by Crippen LogP contribution is -2.42. The molecule has 1 aromatic heterocycles. The Morgan fingerprint density at radius 2 is 1.93 bits per heavy atom. The van der Waals surface area contributed by atoms with Gasteiger partial charge in [0.1, 0.15) is 5.60 Å². The normalized spacial score (nSPS) is 25.8. The average Bonchev–Trinajstić information content (AvgIpc) is 2.84. The zero-order chi connectivity index (χ0) is 23.4. The topological polar surface area (TPSA) is 60.9 Å². The molecule has 0 N–H and O–H groups in total. The molecule has 1 atom stereocenters. The monoisotopic (exact) mass is 391 g/mol. The van der Waals surface area contributed by atoms with Crippen molar-refractivity contribution in [2.45, 2.75) is 84.0 Å². The molecule has 2 fully saturated rings. The summed E-state index contributed by atoms with van der Waals surface area (Å²) in [7, 11) is -0.899. The first-order chi connectivity index (χ1) is 14.1. The predicted molar refractivity (Wildman–Crippen MR) is 110 cm³/mol. The molecule has 0 saturated carbocycles. The van der Waals surface area contributed by atoms with Crippen LogP contribution in [-0.2, 0) is 14.0 Å². The number of pyridine rings is 1. The Bertz CT molecular complexity index is 857. The fourth-order valence-electron chi connectivity index (χ4n) is 3.27. The molecule has 0 radical (unpaired) electrons. The number of rotatable bonds is 2. The van der Waals surface area contributed by atoms with E-state index >= 15 is 0 Å². The molecule has 2 aliphatic heterocycles. The largest absolute Gasteiger partial charge is 0.514 e. The van der Waals surface area contributed by atoms with Gasteiger partial charge < -0.3 is 18.9 Å². The SMILES string of the molecule is [2H]c1nc(B2OC(C)(C)C(C)(C)O2)c([2H])c([2H])c1C1CCCN(C(=O)OC(C)(C)C)C1. The van der Waals surface area contributed by atoms with Crippen molar-refractivity contribution in [3.63, 3.8) is 0 Å². The highest BCUT2D eigenvalue weighted by Crippen LogP contribution is 2.36. The standard InChI is InChI=1S/C21H33BN2O4/c1-19(2,3)26-18(25)24-12-8-9-16(14-24)15-10-11-17(23-13-15)22-27-20(4,5)21(6,7)28-22/h10-11,13,16H,8-9,12,14H2,1-7H3/i10D,11D,13D. The molecule has 1 amide bonds. The van der Waals surface area contributed by atoms with Gasteiger partial charge in [-0.1, -0.05) is 6.04 Å². The molecule has 154 valence electrons. The van der Waals surface area contributed by atoms with Gasteiger partial charge in [0, 0.05) is 25.2 Å². The van der Waals surface area contributed by atoms with Crippen molar-refractivity contribution in [3.05, 3.63) is 23.8 Å². The van der Waals surface area contributed by atoms with Crippen LogP contribution in [0.15, 0.2) is 18.3 Å². The maximum Gasteiger partial charge on any atom is 0.514 e.